The Balaban J connectivity index is 1.69. The van der Waals surface area contributed by atoms with Crippen molar-refractivity contribution in [1.29, 1.82) is 0 Å². The van der Waals surface area contributed by atoms with E-state index in [-0.39, 0.29) is 16.9 Å². The molecule has 0 aliphatic heterocycles. The molecule has 1 atom stereocenters. The molecule has 9 heteroatoms. The van der Waals surface area contributed by atoms with Crippen LogP contribution < -0.4 is 10.6 Å². The van der Waals surface area contributed by atoms with Gasteiger partial charge in [-0.3, -0.25) is 4.79 Å². The Bertz CT molecular complexity index is 1410. The number of alkyl halides is 3. The predicted molar refractivity (Wildman–Crippen MR) is 127 cm³/mol. The topological polar surface area (TPSA) is 83.4 Å². The van der Waals surface area contributed by atoms with Crippen LogP contribution in [-0.2, 0) is 13.2 Å². The number of rotatable bonds is 6. The number of hydrogen-bond acceptors (Lipinski definition) is 3. The number of carbonyl (C=O) groups is 2. The number of fused-ring (bicyclic) bond motifs is 1. The normalized spacial score (nSPS) is 12.4. The number of anilines is 2. The SMILES string of the molecule is CC(NC(=O)c1c(Nc2cccc(C(F)(F)F)c2)c2ccccc2n1C)c1ccc(C(=O)O)cc1. The van der Waals surface area contributed by atoms with Crippen molar-refractivity contribution in [3.05, 3.63) is 95.2 Å². The molecule has 4 rings (SSSR count). The molecule has 1 unspecified atom stereocenters. The molecule has 0 aliphatic carbocycles. The molecule has 0 fully saturated rings. The molecule has 1 aromatic heterocycles. The lowest BCUT2D eigenvalue weighted by atomic mass is 10.1. The highest BCUT2D eigenvalue weighted by Crippen LogP contribution is 2.35. The monoisotopic (exact) mass is 481 g/mol. The maximum absolute atomic E-state index is 13.4. The maximum Gasteiger partial charge on any atom is 0.416 e. The third-order valence-electron chi connectivity index (χ3n) is 5.79. The van der Waals surface area contributed by atoms with E-state index < -0.39 is 29.7 Å². The number of aromatic carboxylic acids is 1. The van der Waals surface area contributed by atoms with Gasteiger partial charge in [-0.05, 0) is 48.9 Å². The lowest BCUT2D eigenvalue weighted by Gasteiger charge is -2.17. The molecule has 35 heavy (non-hydrogen) atoms. The number of carboxylic acid groups (broad SMARTS) is 1. The van der Waals surface area contributed by atoms with Gasteiger partial charge in [-0.15, -0.1) is 0 Å². The summed E-state index contributed by atoms with van der Waals surface area (Å²) in [4.78, 5) is 24.5. The molecule has 6 nitrogen and oxygen atoms in total. The fourth-order valence-corrected chi connectivity index (χ4v) is 3.97. The van der Waals surface area contributed by atoms with Gasteiger partial charge < -0.3 is 20.3 Å². The summed E-state index contributed by atoms with van der Waals surface area (Å²) in [5, 5.41) is 15.7. The minimum Gasteiger partial charge on any atom is -0.478 e. The zero-order valence-electron chi connectivity index (χ0n) is 18.9. The predicted octanol–water partition coefficient (Wildman–Crippen LogP) is 6.13. The van der Waals surface area contributed by atoms with Crippen molar-refractivity contribution in [2.45, 2.75) is 19.1 Å². The van der Waals surface area contributed by atoms with E-state index in [1.54, 1.807) is 42.8 Å². The number of benzene rings is 3. The molecule has 3 aromatic carbocycles. The van der Waals surface area contributed by atoms with E-state index in [2.05, 4.69) is 10.6 Å². The Kier molecular flexibility index (Phi) is 6.26. The van der Waals surface area contributed by atoms with Gasteiger partial charge in [0.1, 0.15) is 5.69 Å². The van der Waals surface area contributed by atoms with E-state index in [1.165, 1.54) is 24.3 Å². The zero-order chi connectivity index (χ0) is 25.3. The van der Waals surface area contributed by atoms with Crippen LogP contribution in [0.15, 0.2) is 72.8 Å². The van der Waals surface area contributed by atoms with E-state index in [0.717, 1.165) is 17.6 Å². The first-order valence-electron chi connectivity index (χ1n) is 10.7. The van der Waals surface area contributed by atoms with Crippen LogP contribution in [0.25, 0.3) is 10.9 Å². The van der Waals surface area contributed by atoms with Crippen LogP contribution >= 0.6 is 0 Å². The summed E-state index contributed by atoms with van der Waals surface area (Å²) in [6, 6.07) is 17.7. The summed E-state index contributed by atoms with van der Waals surface area (Å²) in [5.74, 6) is -1.48. The number of aryl methyl sites for hydroxylation is 1. The molecule has 0 radical (unpaired) electrons. The molecule has 0 bridgehead atoms. The van der Waals surface area contributed by atoms with Crippen molar-refractivity contribution in [3.8, 4) is 0 Å². The number of amides is 1. The van der Waals surface area contributed by atoms with Crippen LogP contribution in [0.5, 0.6) is 0 Å². The van der Waals surface area contributed by atoms with Gasteiger partial charge in [-0.25, -0.2) is 4.79 Å². The van der Waals surface area contributed by atoms with Gasteiger partial charge in [0.2, 0.25) is 0 Å². The maximum atomic E-state index is 13.4. The van der Waals surface area contributed by atoms with Gasteiger partial charge >= 0.3 is 12.1 Å². The zero-order valence-corrected chi connectivity index (χ0v) is 18.9. The van der Waals surface area contributed by atoms with Crippen molar-refractivity contribution < 1.29 is 27.9 Å². The number of halogens is 3. The Morgan fingerprint density at radius 1 is 0.971 bits per heavy atom. The van der Waals surface area contributed by atoms with Gasteiger partial charge in [-0.1, -0.05) is 36.4 Å². The third kappa shape index (κ3) is 4.84. The van der Waals surface area contributed by atoms with E-state index in [0.29, 0.717) is 16.6 Å². The van der Waals surface area contributed by atoms with Crippen LogP contribution in [0, 0.1) is 0 Å². The van der Waals surface area contributed by atoms with Crippen molar-refractivity contribution >= 4 is 34.2 Å². The van der Waals surface area contributed by atoms with Gasteiger partial charge in [0.05, 0.1) is 28.4 Å². The van der Waals surface area contributed by atoms with Gasteiger partial charge in [-0.2, -0.15) is 13.2 Å². The summed E-state index contributed by atoms with van der Waals surface area (Å²) in [5.41, 5.74) is 1.59. The molecule has 180 valence electrons. The fraction of sp³-hybridized carbons (Fsp3) is 0.154. The first-order valence-corrected chi connectivity index (χ1v) is 10.7. The minimum absolute atomic E-state index is 0.133. The summed E-state index contributed by atoms with van der Waals surface area (Å²) in [6.07, 6.45) is -4.50. The Morgan fingerprint density at radius 3 is 2.31 bits per heavy atom. The number of aromatic nitrogens is 1. The highest BCUT2D eigenvalue weighted by atomic mass is 19.4. The number of nitrogens with one attached hydrogen (secondary N) is 2. The van der Waals surface area contributed by atoms with Crippen molar-refractivity contribution in [1.82, 2.24) is 9.88 Å². The Labute approximate surface area is 199 Å². The molecule has 0 spiro atoms. The second-order valence-electron chi connectivity index (χ2n) is 8.13. The summed E-state index contributed by atoms with van der Waals surface area (Å²) in [7, 11) is 1.71. The minimum atomic E-state index is -4.50. The molecule has 4 aromatic rings. The van der Waals surface area contributed by atoms with Crippen molar-refractivity contribution in [3.63, 3.8) is 0 Å². The number of carboxylic acids is 1. The van der Waals surface area contributed by atoms with Crippen LogP contribution in [0.4, 0.5) is 24.5 Å². The van der Waals surface area contributed by atoms with Crippen LogP contribution in [0.2, 0.25) is 0 Å². The highest BCUT2D eigenvalue weighted by molar-refractivity contribution is 6.09. The number of para-hydroxylation sites is 1. The number of nitrogens with zero attached hydrogens (tertiary/aromatic N) is 1. The summed E-state index contributed by atoms with van der Waals surface area (Å²) < 4.78 is 41.3. The highest BCUT2D eigenvalue weighted by Gasteiger charge is 2.31. The average Bonchev–Trinajstić information content (AvgIpc) is 3.10. The van der Waals surface area contributed by atoms with Crippen LogP contribution in [-0.4, -0.2) is 21.6 Å². The van der Waals surface area contributed by atoms with E-state index >= 15 is 0 Å². The third-order valence-corrected chi connectivity index (χ3v) is 5.79. The Hall–Kier alpha value is -4.27. The largest absolute Gasteiger partial charge is 0.478 e. The molecule has 1 heterocycles. The van der Waals surface area contributed by atoms with E-state index in [9.17, 15) is 22.8 Å². The first kappa shape index (κ1) is 23.9. The van der Waals surface area contributed by atoms with Gasteiger partial charge in [0.25, 0.3) is 5.91 Å². The molecule has 0 saturated heterocycles. The van der Waals surface area contributed by atoms with Gasteiger partial charge in [0.15, 0.2) is 0 Å². The second-order valence-corrected chi connectivity index (χ2v) is 8.13. The fourth-order valence-electron chi connectivity index (χ4n) is 3.97. The lowest BCUT2D eigenvalue weighted by molar-refractivity contribution is -0.137. The number of carbonyl (C=O) groups excluding carboxylic acids is 1. The summed E-state index contributed by atoms with van der Waals surface area (Å²) in [6.45, 7) is 1.76. The van der Waals surface area contributed by atoms with E-state index in [1.807, 2.05) is 12.1 Å². The quantitative estimate of drug-likeness (QED) is 0.309. The van der Waals surface area contributed by atoms with E-state index in [4.69, 9.17) is 5.11 Å². The molecule has 3 N–H and O–H groups in total. The standard InChI is InChI=1S/C26H22F3N3O3/c1-15(16-10-12-17(13-11-16)25(34)35)30-24(33)23-22(20-8-3-4-9-21(20)32(23)2)31-19-7-5-6-18(14-19)26(27,28)29/h3-15,31H,1-2H3,(H,30,33)(H,34,35). The molecule has 1 amide bonds. The first-order chi connectivity index (χ1) is 16.6. The molecular weight excluding hydrogens is 459 g/mol. The Morgan fingerprint density at radius 2 is 1.66 bits per heavy atom. The summed E-state index contributed by atoms with van der Waals surface area (Å²) >= 11 is 0. The average molecular weight is 481 g/mol. The smallest absolute Gasteiger partial charge is 0.416 e. The van der Waals surface area contributed by atoms with Gasteiger partial charge in [0, 0.05) is 18.1 Å². The molecule has 0 saturated carbocycles. The van der Waals surface area contributed by atoms with Crippen LogP contribution in [0.1, 0.15) is 44.9 Å². The lowest BCUT2D eigenvalue weighted by Crippen LogP contribution is -2.29. The number of hydrogen-bond donors (Lipinski definition) is 3. The second kappa shape index (κ2) is 9.17. The molecule has 0 aliphatic rings. The van der Waals surface area contributed by atoms with Crippen molar-refractivity contribution in [2.75, 3.05) is 5.32 Å². The van der Waals surface area contributed by atoms with Crippen molar-refractivity contribution in [2.24, 2.45) is 7.05 Å². The molecular formula is C26H22F3N3O3. The van der Waals surface area contributed by atoms with Crippen LogP contribution in [0.3, 0.4) is 0 Å².